The molecular weight excluding hydrogens is 290 g/mol. The van der Waals surface area contributed by atoms with Crippen molar-refractivity contribution in [3.8, 4) is 0 Å². The molecule has 0 spiro atoms. The maximum atomic E-state index is 11.9. The Morgan fingerprint density at radius 3 is 2.78 bits per heavy atom. The molecule has 0 bridgehead atoms. The van der Waals surface area contributed by atoms with Crippen LogP contribution in [0.5, 0.6) is 0 Å². The summed E-state index contributed by atoms with van der Waals surface area (Å²) in [5, 5.41) is 2.97. The zero-order valence-electron chi connectivity index (χ0n) is 13.9. The van der Waals surface area contributed by atoms with E-state index in [1.807, 2.05) is 43.5 Å². The Hall–Kier alpha value is -2.14. The van der Waals surface area contributed by atoms with Crippen molar-refractivity contribution < 1.29 is 9.53 Å². The summed E-state index contributed by atoms with van der Waals surface area (Å²) in [5.74, 6) is 1.07. The fraction of sp³-hybridized carbons (Fsp3) is 0.444. The molecule has 0 saturated heterocycles. The summed E-state index contributed by atoms with van der Waals surface area (Å²) in [7, 11) is 1.69. The molecule has 124 valence electrons. The minimum Gasteiger partial charge on any atom is -0.383 e. The first-order chi connectivity index (χ1) is 11.2. The van der Waals surface area contributed by atoms with E-state index in [4.69, 9.17) is 4.74 Å². The molecule has 0 atom stereocenters. The van der Waals surface area contributed by atoms with E-state index in [1.165, 1.54) is 5.56 Å². The summed E-state index contributed by atoms with van der Waals surface area (Å²) in [5.41, 5.74) is 2.31. The molecule has 0 radical (unpaired) electrons. The number of nitrogens with zero attached hydrogens (tertiary/aromatic N) is 2. The number of aryl methyl sites for hydroxylation is 2. The molecule has 0 unspecified atom stereocenters. The van der Waals surface area contributed by atoms with Gasteiger partial charge in [-0.2, -0.15) is 0 Å². The molecule has 1 heterocycles. The van der Waals surface area contributed by atoms with E-state index in [0.717, 1.165) is 30.9 Å². The number of hydrogen-bond donors (Lipinski definition) is 1. The van der Waals surface area contributed by atoms with Crippen molar-refractivity contribution in [3.63, 3.8) is 0 Å². The van der Waals surface area contributed by atoms with Gasteiger partial charge in [-0.3, -0.25) is 4.79 Å². The highest BCUT2D eigenvalue weighted by molar-refractivity contribution is 5.76. The maximum Gasteiger partial charge on any atom is 0.220 e. The molecule has 2 aromatic rings. The summed E-state index contributed by atoms with van der Waals surface area (Å²) in [4.78, 5) is 16.3. The zero-order chi connectivity index (χ0) is 16.5. The van der Waals surface area contributed by atoms with Gasteiger partial charge in [-0.15, -0.1) is 0 Å². The summed E-state index contributed by atoms with van der Waals surface area (Å²) in [6, 6.07) is 10.1. The van der Waals surface area contributed by atoms with Gasteiger partial charge in [-0.1, -0.05) is 30.3 Å². The van der Waals surface area contributed by atoms with Gasteiger partial charge >= 0.3 is 0 Å². The van der Waals surface area contributed by atoms with Crippen molar-refractivity contribution >= 4 is 5.91 Å². The number of imidazole rings is 1. The monoisotopic (exact) mass is 315 g/mol. The fourth-order valence-electron chi connectivity index (χ4n) is 2.50. The van der Waals surface area contributed by atoms with Crippen LogP contribution in [0, 0.1) is 6.92 Å². The quantitative estimate of drug-likeness (QED) is 0.771. The third kappa shape index (κ3) is 5.53. The van der Waals surface area contributed by atoms with E-state index >= 15 is 0 Å². The number of nitrogens with one attached hydrogen (secondary N) is 1. The minimum atomic E-state index is 0.0839. The van der Waals surface area contributed by atoms with Crippen LogP contribution in [0.4, 0.5) is 0 Å². The average Bonchev–Trinajstić information content (AvgIpc) is 2.92. The number of aromatic nitrogens is 2. The normalized spacial score (nSPS) is 10.7. The van der Waals surface area contributed by atoms with Crippen molar-refractivity contribution in [2.75, 3.05) is 20.3 Å². The lowest BCUT2D eigenvalue weighted by molar-refractivity contribution is -0.121. The molecule has 0 aliphatic heterocycles. The highest BCUT2D eigenvalue weighted by atomic mass is 16.5. The van der Waals surface area contributed by atoms with Gasteiger partial charge in [0.15, 0.2) is 0 Å². The van der Waals surface area contributed by atoms with Gasteiger partial charge in [0.1, 0.15) is 5.82 Å². The predicted molar refractivity (Wildman–Crippen MR) is 90.3 cm³/mol. The van der Waals surface area contributed by atoms with Crippen molar-refractivity contribution in [2.45, 2.75) is 32.7 Å². The molecule has 1 amide bonds. The van der Waals surface area contributed by atoms with Crippen molar-refractivity contribution in [1.29, 1.82) is 0 Å². The van der Waals surface area contributed by atoms with Gasteiger partial charge in [0.2, 0.25) is 5.91 Å². The molecular formula is C18H25N3O2. The first-order valence-corrected chi connectivity index (χ1v) is 8.01. The number of carbonyl (C=O) groups excluding carboxylic acids is 1. The first kappa shape index (κ1) is 17.2. The van der Waals surface area contributed by atoms with Crippen molar-refractivity contribution in [3.05, 3.63) is 53.6 Å². The molecule has 1 aromatic carbocycles. The molecule has 5 nitrogen and oxygen atoms in total. The highest BCUT2D eigenvalue weighted by Crippen LogP contribution is 2.05. The van der Waals surface area contributed by atoms with Crippen LogP contribution in [-0.4, -0.2) is 35.7 Å². The Morgan fingerprint density at radius 1 is 1.26 bits per heavy atom. The average molecular weight is 315 g/mol. The minimum absolute atomic E-state index is 0.0839. The standard InChI is InChI=1S/C18H25N3O2/c1-15-14-20-17(21(15)12-13-23-2)10-11-19-18(22)9-8-16-6-4-3-5-7-16/h3-7,14H,8-13H2,1-2H3,(H,19,22). The Balaban J connectivity index is 1.73. The molecule has 5 heteroatoms. The molecule has 1 aromatic heterocycles. The van der Waals surface area contributed by atoms with Gasteiger partial charge < -0.3 is 14.6 Å². The number of ether oxygens (including phenoxy) is 1. The second-order valence-corrected chi connectivity index (χ2v) is 5.55. The Bertz CT molecular complexity index is 608. The number of carbonyl (C=O) groups is 1. The van der Waals surface area contributed by atoms with Crippen LogP contribution in [0.3, 0.4) is 0 Å². The number of rotatable bonds is 9. The van der Waals surface area contributed by atoms with E-state index < -0.39 is 0 Å². The van der Waals surface area contributed by atoms with E-state index in [1.54, 1.807) is 7.11 Å². The van der Waals surface area contributed by atoms with Crippen LogP contribution in [-0.2, 0) is 28.9 Å². The molecule has 1 N–H and O–H groups in total. The van der Waals surface area contributed by atoms with Crippen LogP contribution in [0.15, 0.2) is 36.5 Å². The van der Waals surface area contributed by atoms with Crippen molar-refractivity contribution in [2.24, 2.45) is 0 Å². The van der Waals surface area contributed by atoms with Gasteiger partial charge in [0, 0.05) is 44.9 Å². The smallest absolute Gasteiger partial charge is 0.220 e. The second-order valence-electron chi connectivity index (χ2n) is 5.55. The summed E-state index contributed by atoms with van der Waals surface area (Å²) in [6.45, 7) is 4.09. The lowest BCUT2D eigenvalue weighted by atomic mass is 10.1. The van der Waals surface area contributed by atoms with Gasteiger partial charge in [-0.05, 0) is 18.9 Å². The summed E-state index contributed by atoms with van der Waals surface area (Å²) in [6.07, 6.45) is 3.88. The molecule has 0 saturated carbocycles. The second kappa shape index (κ2) is 9.10. The van der Waals surface area contributed by atoms with Gasteiger partial charge in [0.25, 0.3) is 0 Å². The first-order valence-electron chi connectivity index (χ1n) is 8.01. The van der Waals surface area contributed by atoms with E-state index in [0.29, 0.717) is 19.6 Å². The van der Waals surface area contributed by atoms with E-state index in [2.05, 4.69) is 14.9 Å². The molecule has 0 aliphatic rings. The Kier molecular flexibility index (Phi) is 6.81. The molecule has 2 rings (SSSR count). The topological polar surface area (TPSA) is 56.1 Å². The lowest BCUT2D eigenvalue weighted by Crippen LogP contribution is -2.27. The summed E-state index contributed by atoms with van der Waals surface area (Å²) < 4.78 is 7.26. The van der Waals surface area contributed by atoms with Crippen LogP contribution >= 0.6 is 0 Å². The molecule has 0 aliphatic carbocycles. The fourth-order valence-corrected chi connectivity index (χ4v) is 2.50. The van der Waals surface area contributed by atoms with E-state index in [9.17, 15) is 4.79 Å². The van der Waals surface area contributed by atoms with Crippen molar-refractivity contribution in [1.82, 2.24) is 14.9 Å². The Morgan fingerprint density at radius 2 is 2.04 bits per heavy atom. The molecule has 0 fully saturated rings. The highest BCUT2D eigenvalue weighted by Gasteiger charge is 2.08. The SMILES string of the molecule is COCCn1c(C)cnc1CCNC(=O)CCc1ccccc1. The number of hydrogen-bond acceptors (Lipinski definition) is 3. The third-order valence-corrected chi connectivity index (χ3v) is 3.81. The largest absolute Gasteiger partial charge is 0.383 e. The number of benzene rings is 1. The maximum absolute atomic E-state index is 11.9. The van der Waals surface area contributed by atoms with Gasteiger partial charge in [-0.25, -0.2) is 4.98 Å². The van der Waals surface area contributed by atoms with Crippen LogP contribution in [0.25, 0.3) is 0 Å². The molecule has 23 heavy (non-hydrogen) atoms. The predicted octanol–water partition coefficient (Wildman–Crippen LogP) is 2.13. The number of amides is 1. The lowest BCUT2D eigenvalue weighted by Gasteiger charge is -2.10. The summed E-state index contributed by atoms with van der Waals surface area (Å²) >= 11 is 0. The zero-order valence-corrected chi connectivity index (χ0v) is 13.9. The Labute approximate surface area is 137 Å². The number of methoxy groups -OCH3 is 1. The van der Waals surface area contributed by atoms with Crippen LogP contribution < -0.4 is 5.32 Å². The van der Waals surface area contributed by atoms with Crippen LogP contribution in [0.2, 0.25) is 0 Å². The third-order valence-electron chi connectivity index (χ3n) is 3.81. The van der Waals surface area contributed by atoms with E-state index in [-0.39, 0.29) is 5.91 Å². The van der Waals surface area contributed by atoms with Crippen LogP contribution in [0.1, 0.15) is 23.5 Å². The van der Waals surface area contributed by atoms with Gasteiger partial charge in [0.05, 0.1) is 6.61 Å².